The van der Waals surface area contributed by atoms with Crippen LogP contribution in [0.4, 0.5) is 0 Å². The number of ether oxygens (including phenoxy) is 1. The molecule has 90 valence electrons. The van der Waals surface area contributed by atoms with E-state index < -0.39 is 5.60 Å². The molecule has 0 unspecified atom stereocenters. The summed E-state index contributed by atoms with van der Waals surface area (Å²) in [5, 5.41) is 0. The lowest BCUT2D eigenvalue weighted by Gasteiger charge is -2.55. The minimum absolute atomic E-state index is 0.0543. The molecule has 0 bridgehead atoms. The smallest absolute Gasteiger partial charge is 0.306 e. The zero-order valence-electron chi connectivity index (χ0n) is 10.6. The highest BCUT2D eigenvalue weighted by molar-refractivity contribution is 5.71. The van der Waals surface area contributed by atoms with E-state index in [4.69, 9.17) is 4.74 Å². The van der Waals surface area contributed by atoms with Crippen molar-refractivity contribution in [1.29, 1.82) is 0 Å². The maximum atomic E-state index is 11.6. The zero-order valence-corrected chi connectivity index (χ0v) is 10.6. The normalized spacial score (nSPS) is 42.1. The van der Waals surface area contributed by atoms with Gasteiger partial charge in [-0.25, -0.2) is 0 Å². The highest BCUT2D eigenvalue weighted by atomic mass is 16.6. The summed E-state index contributed by atoms with van der Waals surface area (Å²) in [5.74, 6) is 0.764. The molecule has 0 radical (unpaired) electrons. The molecule has 1 aliphatic heterocycles. The Labute approximate surface area is 98.1 Å². The largest absolute Gasteiger partial charge is 0.454 e. The van der Waals surface area contributed by atoms with E-state index in [2.05, 4.69) is 27.4 Å². The molecule has 0 aromatic heterocycles. The third-order valence-electron chi connectivity index (χ3n) is 4.46. The number of carbonyl (C=O) groups is 1. The molecule has 2 fully saturated rings. The number of hydrogen-bond acceptors (Lipinski definition) is 2. The van der Waals surface area contributed by atoms with Crippen LogP contribution in [0.3, 0.4) is 0 Å². The average Bonchev–Trinajstić information content (AvgIpc) is 2.14. The van der Waals surface area contributed by atoms with E-state index in [-0.39, 0.29) is 11.4 Å². The fourth-order valence-corrected chi connectivity index (χ4v) is 4.06. The molecule has 0 spiro atoms. The van der Waals surface area contributed by atoms with Gasteiger partial charge in [0.05, 0.1) is 0 Å². The van der Waals surface area contributed by atoms with Gasteiger partial charge in [-0.2, -0.15) is 0 Å². The van der Waals surface area contributed by atoms with E-state index >= 15 is 0 Å². The molecule has 1 saturated carbocycles. The van der Waals surface area contributed by atoms with Gasteiger partial charge in [-0.3, -0.25) is 4.79 Å². The van der Waals surface area contributed by atoms with E-state index in [9.17, 15) is 4.79 Å². The Balaban J connectivity index is 2.41. The van der Waals surface area contributed by atoms with E-state index in [0.29, 0.717) is 18.3 Å². The van der Waals surface area contributed by atoms with E-state index in [0.717, 1.165) is 12.8 Å². The summed E-state index contributed by atoms with van der Waals surface area (Å²) in [7, 11) is 0. The fraction of sp³-hybridized carbons (Fsp3) is 0.786. The zero-order chi connectivity index (χ0) is 12.0. The van der Waals surface area contributed by atoms with E-state index in [1.165, 1.54) is 6.42 Å². The molecule has 1 aliphatic carbocycles. The van der Waals surface area contributed by atoms with Gasteiger partial charge in [0.25, 0.3) is 0 Å². The highest BCUT2D eigenvalue weighted by Gasteiger charge is 2.55. The quantitative estimate of drug-likeness (QED) is 0.502. The van der Waals surface area contributed by atoms with E-state index in [1.807, 2.05) is 6.08 Å². The average molecular weight is 222 g/mol. The van der Waals surface area contributed by atoms with Crippen molar-refractivity contribution in [2.45, 2.75) is 52.1 Å². The van der Waals surface area contributed by atoms with Crippen LogP contribution in [0.15, 0.2) is 12.7 Å². The Hall–Kier alpha value is -0.790. The molecular weight excluding hydrogens is 200 g/mol. The standard InChI is InChI=1S/C14H22O2/c1-5-14-8-6-7-13(3,4)12(14)10(2)9-11(15)16-14/h5,10,12H,1,6-9H2,2-4H3/t10-,12-,14+/m1/s1. The van der Waals surface area contributed by atoms with Crippen LogP contribution in [0.1, 0.15) is 46.5 Å². The first-order valence-electron chi connectivity index (χ1n) is 6.27. The highest BCUT2D eigenvalue weighted by Crippen LogP contribution is 2.54. The van der Waals surface area contributed by atoms with Gasteiger partial charge in [0.2, 0.25) is 0 Å². The second-order valence-electron chi connectivity index (χ2n) is 6.13. The van der Waals surface area contributed by atoms with Crippen LogP contribution in [-0.2, 0) is 9.53 Å². The topological polar surface area (TPSA) is 26.3 Å². The molecule has 0 N–H and O–H groups in total. The summed E-state index contributed by atoms with van der Waals surface area (Å²) in [6, 6.07) is 0. The molecule has 1 heterocycles. The van der Waals surface area contributed by atoms with Crippen LogP contribution in [0, 0.1) is 17.3 Å². The van der Waals surface area contributed by atoms with Gasteiger partial charge >= 0.3 is 5.97 Å². The van der Waals surface area contributed by atoms with Crippen LogP contribution in [-0.4, -0.2) is 11.6 Å². The third-order valence-corrected chi connectivity index (χ3v) is 4.46. The Morgan fingerprint density at radius 1 is 1.44 bits per heavy atom. The predicted molar refractivity (Wildman–Crippen MR) is 63.9 cm³/mol. The van der Waals surface area contributed by atoms with Gasteiger partial charge in [0.1, 0.15) is 5.60 Å². The van der Waals surface area contributed by atoms with Gasteiger partial charge in [-0.05, 0) is 36.7 Å². The molecule has 1 saturated heterocycles. The molecule has 0 amide bonds. The molecule has 2 rings (SSSR count). The van der Waals surface area contributed by atoms with Crippen LogP contribution in [0.2, 0.25) is 0 Å². The molecule has 2 aliphatic rings. The van der Waals surface area contributed by atoms with Gasteiger partial charge in [0.15, 0.2) is 0 Å². The minimum atomic E-state index is -0.392. The second kappa shape index (κ2) is 3.61. The number of rotatable bonds is 1. The SMILES string of the molecule is C=C[C@]12CCCC(C)(C)[C@H]1[C@H](C)CC(=O)O2. The molecule has 0 aromatic carbocycles. The first-order valence-corrected chi connectivity index (χ1v) is 6.27. The van der Waals surface area contributed by atoms with Gasteiger partial charge in [-0.15, -0.1) is 0 Å². The summed E-state index contributed by atoms with van der Waals surface area (Å²) >= 11 is 0. The predicted octanol–water partition coefficient (Wildman–Crippen LogP) is 3.32. The van der Waals surface area contributed by atoms with Crippen molar-refractivity contribution < 1.29 is 9.53 Å². The van der Waals surface area contributed by atoms with Gasteiger partial charge in [-0.1, -0.05) is 27.4 Å². The summed E-state index contributed by atoms with van der Waals surface area (Å²) in [6.45, 7) is 10.7. The molecular formula is C14H22O2. The lowest BCUT2D eigenvalue weighted by Crippen LogP contribution is -2.56. The van der Waals surface area contributed by atoms with Crippen LogP contribution in [0.25, 0.3) is 0 Å². The van der Waals surface area contributed by atoms with Crippen molar-refractivity contribution in [3.8, 4) is 0 Å². The van der Waals surface area contributed by atoms with Gasteiger partial charge in [0, 0.05) is 12.3 Å². The fourth-order valence-electron chi connectivity index (χ4n) is 4.06. The lowest BCUT2D eigenvalue weighted by atomic mass is 9.56. The minimum Gasteiger partial charge on any atom is -0.454 e. The number of fused-ring (bicyclic) bond motifs is 1. The Morgan fingerprint density at radius 3 is 2.75 bits per heavy atom. The Morgan fingerprint density at radius 2 is 2.12 bits per heavy atom. The Kier molecular flexibility index (Phi) is 2.64. The van der Waals surface area contributed by atoms with Crippen molar-refractivity contribution >= 4 is 5.97 Å². The molecule has 16 heavy (non-hydrogen) atoms. The Bertz CT molecular complexity index is 319. The van der Waals surface area contributed by atoms with Crippen molar-refractivity contribution in [3.63, 3.8) is 0 Å². The third kappa shape index (κ3) is 1.59. The molecule has 2 nitrogen and oxygen atoms in total. The van der Waals surface area contributed by atoms with Crippen LogP contribution >= 0.6 is 0 Å². The lowest BCUT2D eigenvalue weighted by molar-refractivity contribution is -0.192. The maximum Gasteiger partial charge on any atom is 0.306 e. The monoisotopic (exact) mass is 222 g/mol. The van der Waals surface area contributed by atoms with Crippen LogP contribution < -0.4 is 0 Å². The number of hydrogen-bond donors (Lipinski definition) is 0. The summed E-state index contributed by atoms with van der Waals surface area (Å²) in [4.78, 5) is 11.6. The summed E-state index contributed by atoms with van der Waals surface area (Å²) in [6.07, 6.45) is 5.72. The molecule has 0 aromatic rings. The van der Waals surface area contributed by atoms with Crippen molar-refractivity contribution in [2.24, 2.45) is 17.3 Å². The molecule has 2 heteroatoms. The van der Waals surface area contributed by atoms with Crippen molar-refractivity contribution in [3.05, 3.63) is 12.7 Å². The first-order chi connectivity index (χ1) is 7.41. The van der Waals surface area contributed by atoms with Crippen LogP contribution in [0.5, 0.6) is 0 Å². The second-order valence-corrected chi connectivity index (χ2v) is 6.13. The van der Waals surface area contributed by atoms with E-state index in [1.54, 1.807) is 0 Å². The van der Waals surface area contributed by atoms with Crippen molar-refractivity contribution in [2.75, 3.05) is 0 Å². The van der Waals surface area contributed by atoms with Gasteiger partial charge < -0.3 is 4.74 Å². The summed E-state index contributed by atoms with van der Waals surface area (Å²) in [5.41, 5.74) is -0.150. The summed E-state index contributed by atoms with van der Waals surface area (Å²) < 4.78 is 5.68. The number of esters is 1. The van der Waals surface area contributed by atoms with Crippen molar-refractivity contribution in [1.82, 2.24) is 0 Å². The molecule has 3 atom stereocenters. The first kappa shape index (κ1) is 11.7. The maximum absolute atomic E-state index is 11.6. The number of carbonyl (C=O) groups excluding carboxylic acids is 1.